The number of amides is 1. The summed E-state index contributed by atoms with van der Waals surface area (Å²) in [4.78, 5) is 15.8. The van der Waals surface area contributed by atoms with E-state index in [9.17, 15) is 18.0 Å². The van der Waals surface area contributed by atoms with Gasteiger partial charge in [0.15, 0.2) is 0 Å². The Morgan fingerprint density at radius 1 is 1.09 bits per heavy atom. The van der Waals surface area contributed by atoms with Gasteiger partial charge in [0.25, 0.3) is 0 Å². The number of nitrogens with zero attached hydrogens (tertiary/aromatic N) is 2. The number of hydrogen-bond acceptors (Lipinski definition) is 2. The van der Waals surface area contributed by atoms with Crippen molar-refractivity contribution in [3.05, 3.63) is 29.8 Å². The minimum absolute atomic E-state index is 0.175. The average Bonchev–Trinajstić information content (AvgIpc) is 2.52. The molecule has 1 aliphatic heterocycles. The Hall–Kier alpha value is -1.72. The van der Waals surface area contributed by atoms with Crippen LogP contribution in [0, 0.1) is 0 Å². The van der Waals surface area contributed by atoms with E-state index in [-0.39, 0.29) is 5.91 Å². The standard InChI is InChI=1S/C16H21F3N2O/c1-2-3-4-15(22)21-11-9-20(10-12-21)14-7-5-13(6-8-14)16(17,18)19/h5-8H,2-4,9-12H2,1H3. The molecule has 0 radical (unpaired) electrons. The number of carbonyl (C=O) groups is 1. The van der Waals surface area contributed by atoms with Crippen molar-refractivity contribution in [2.24, 2.45) is 0 Å². The minimum atomic E-state index is -4.30. The molecule has 3 nitrogen and oxygen atoms in total. The summed E-state index contributed by atoms with van der Waals surface area (Å²) < 4.78 is 37.6. The SMILES string of the molecule is CCCCC(=O)N1CCN(c2ccc(C(F)(F)F)cc2)CC1. The molecule has 1 aromatic carbocycles. The van der Waals surface area contributed by atoms with Crippen molar-refractivity contribution < 1.29 is 18.0 Å². The third kappa shape index (κ3) is 4.15. The maximum Gasteiger partial charge on any atom is 0.416 e. The first-order chi connectivity index (χ1) is 10.4. The van der Waals surface area contributed by atoms with Crippen LogP contribution >= 0.6 is 0 Å². The molecule has 0 spiro atoms. The highest BCUT2D eigenvalue weighted by Crippen LogP contribution is 2.30. The van der Waals surface area contributed by atoms with Gasteiger partial charge in [-0.15, -0.1) is 0 Å². The van der Waals surface area contributed by atoms with Crippen molar-refractivity contribution in [3.8, 4) is 0 Å². The van der Waals surface area contributed by atoms with E-state index >= 15 is 0 Å². The smallest absolute Gasteiger partial charge is 0.368 e. The van der Waals surface area contributed by atoms with E-state index in [1.54, 1.807) is 0 Å². The number of halogens is 3. The molecule has 1 saturated heterocycles. The van der Waals surface area contributed by atoms with Crippen LogP contribution in [0.1, 0.15) is 31.7 Å². The van der Waals surface area contributed by atoms with Crippen molar-refractivity contribution in [2.75, 3.05) is 31.1 Å². The monoisotopic (exact) mass is 314 g/mol. The number of alkyl halides is 3. The second-order valence-electron chi connectivity index (χ2n) is 5.52. The third-order valence-electron chi connectivity index (χ3n) is 3.94. The van der Waals surface area contributed by atoms with E-state index in [1.165, 1.54) is 12.1 Å². The topological polar surface area (TPSA) is 23.6 Å². The Labute approximate surface area is 128 Å². The van der Waals surface area contributed by atoms with Gasteiger partial charge in [-0.2, -0.15) is 13.2 Å². The van der Waals surface area contributed by atoms with E-state index in [0.29, 0.717) is 32.6 Å². The summed E-state index contributed by atoms with van der Waals surface area (Å²) >= 11 is 0. The first-order valence-electron chi connectivity index (χ1n) is 7.62. The lowest BCUT2D eigenvalue weighted by molar-refractivity contribution is -0.137. The summed E-state index contributed by atoms with van der Waals surface area (Å²) in [6.07, 6.45) is -1.82. The van der Waals surface area contributed by atoms with Crippen LogP contribution in [0.5, 0.6) is 0 Å². The Balaban J connectivity index is 1.90. The van der Waals surface area contributed by atoms with Gasteiger partial charge in [0, 0.05) is 38.3 Å². The normalized spacial score (nSPS) is 16.0. The summed E-state index contributed by atoms with van der Waals surface area (Å²) in [5.74, 6) is 0.175. The lowest BCUT2D eigenvalue weighted by Gasteiger charge is -2.36. The van der Waals surface area contributed by atoms with Gasteiger partial charge in [-0.1, -0.05) is 13.3 Å². The van der Waals surface area contributed by atoms with Crippen LogP contribution in [0.2, 0.25) is 0 Å². The quantitative estimate of drug-likeness (QED) is 0.848. The van der Waals surface area contributed by atoms with E-state index in [4.69, 9.17) is 0 Å². The number of unbranched alkanes of at least 4 members (excludes halogenated alkanes) is 1. The molecule has 122 valence electrons. The lowest BCUT2D eigenvalue weighted by Crippen LogP contribution is -2.48. The number of anilines is 1. The molecule has 0 saturated carbocycles. The number of hydrogen-bond donors (Lipinski definition) is 0. The van der Waals surface area contributed by atoms with E-state index in [1.807, 2.05) is 9.80 Å². The molecule has 1 fully saturated rings. The van der Waals surface area contributed by atoms with Gasteiger partial charge >= 0.3 is 6.18 Å². The number of rotatable bonds is 4. The molecule has 0 aliphatic carbocycles. The second kappa shape index (κ2) is 7.03. The molecular weight excluding hydrogens is 293 g/mol. The van der Waals surface area contributed by atoms with E-state index in [0.717, 1.165) is 30.7 Å². The average molecular weight is 314 g/mol. The van der Waals surface area contributed by atoms with Crippen molar-refractivity contribution in [1.29, 1.82) is 0 Å². The largest absolute Gasteiger partial charge is 0.416 e. The highest BCUT2D eigenvalue weighted by molar-refractivity contribution is 5.76. The van der Waals surface area contributed by atoms with Crippen molar-refractivity contribution >= 4 is 11.6 Å². The summed E-state index contributed by atoms with van der Waals surface area (Å²) in [7, 11) is 0. The molecule has 0 unspecified atom stereocenters. The molecule has 2 rings (SSSR count). The molecule has 0 atom stereocenters. The fourth-order valence-electron chi connectivity index (χ4n) is 2.56. The van der Waals surface area contributed by atoms with Crippen LogP contribution in [-0.4, -0.2) is 37.0 Å². The fourth-order valence-corrected chi connectivity index (χ4v) is 2.56. The van der Waals surface area contributed by atoms with E-state index < -0.39 is 11.7 Å². The van der Waals surface area contributed by atoms with Crippen LogP contribution in [0.25, 0.3) is 0 Å². The van der Waals surface area contributed by atoms with Crippen LogP contribution in [0.3, 0.4) is 0 Å². The van der Waals surface area contributed by atoms with Crippen molar-refractivity contribution in [3.63, 3.8) is 0 Å². The van der Waals surface area contributed by atoms with Gasteiger partial charge in [0.05, 0.1) is 5.56 Å². The zero-order valence-corrected chi connectivity index (χ0v) is 12.7. The number of carbonyl (C=O) groups excluding carboxylic acids is 1. The van der Waals surface area contributed by atoms with Gasteiger partial charge in [-0.25, -0.2) is 0 Å². The first-order valence-corrected chi connectivity index (χ1v) is 7.62. The molecule has 6 heteroatoms. The van der Waals surface area contributed by atoms with Crippen LogP contribution in [0.15, 0.2) is 24.3 Å². The summed E-state index contributed by atoms with van der Waals surface area (Å²) in [5, 5.41) is 0. The van der Waals surface area contributed by atoms with Crippen molar-refractivity contribution in [2.45, 2.75) is 32.4 Å². The van der Waals surface area contributed by atoms with Crippen LogP contribution in [-0.2, 0) is 11.0 Å². The molecule has 1 heterocycles. The summed E-state index contributed by atoms with van der Waals surface area (Å²) in [5.41, 5.74) is 0.137. The maximum absolute atomic E-state index is 12.5. The first kappa shape index (κ1) is 16.6. The zero-order valence-electron chi connectivity index (χ0n) is 12.7. The Morgan fingerprint density at radius 3 is 2.18 bits per heavy atom. The van der Waals surface area contributed by atoms with Gasteiger partial charge < -0.3 is 9.80 Å². The van der Waals surface area contributed by atoms with Gasteiger partial charge in [0.2, 0.25) is 5.91 Å². The second-order valence-corrected chi connectivity index (χ2v) is 5.52. The van der Waals surface area contributed by atoms with Gasteiger partial charge in [0.1, 0.15) is 0 Å². The predicted molar refractivity (Wildman–Crippen MR) is 79.8 cm³/mol. The zero-order chi connectivity index (χ0) is 16.2. The molecule has 0 N–H and O–H groups in total. The molecule has 1 aromatic rings. The maximum atomic E-state index is 12.5. The Morgan fingerprint density at radius 2 is 1.68 bits per heavy atom. The highest BCUT2D eigenvalue weighted by atomic mass is 19.4. The Bertz CT molecular complexity index is 491. The third-order valence-corrected chi connectivity index (χ3v) is 3.94. The Kier molecular flexibility index (Phi) is 5.32. The van der Waals surface area contributed by atoms with Crippen LogP contribution < -0.4 is 4.90 Å². The molecule has 0 aromatic heterocycles. The number of piperazine rings is 1. The summed E-state index contributed by atoms with van der Waals surface area (Å²) in [6, 6.07) is 5.21. The minimum Gasteiger partial charge on any atom is -0.368 e. The summed E-state index contributed by atoms with van der Waals surface area (Å²) in [6.45, 7) is 4.62. The van der Waals surface area contributed by atoms with Crippen LogP contribution in [0.4, 0.5) is 18.9 Å². The number of benzene rings is 1. The highest BCUT2D eigenvalue weighted by Gasteiger charge is 2.30. The van der Waals surface area contributed by atoms with Gasteiger partial charge in [-0.3, -0.25) is 4.79 Å². The fraction of sp³-hybridized carbons (Fsp3) is 0.562. The molecule has 1 amide bonds. The molecule has 22 heavy (non-hydrogen) atoms. The van der Waals surface area contributed by atoms with Gasteiger partial charge in [-0.05, 0) is 30.7 Å². The predicted octanol–water partition coefficient (Wildman–Crippen LogP) is 3.54. The van der Waals surface area contributed by atoms with E-state index in [2.05, 4.69) is 6.92 Å². The molecule has 1 aliphatic rings. The molecular formula is C16H21F3N2O. The van der Waals surface area contributed by atoms with Crippen molar-refractivity contribution in [1.82, 2.24) is 4.90 Å². The lowest BCUT2D eigenvalue weighted by atomic mass is 10.1. The molecule has 0 bridgehead atoms.